The Morgan fingerprint density at radius 2 is 1.68 bits per heavy atom. The molecule has 2 fully saturated rings. The maximum absolute atomic E-state index is 13.0. The Labute approximate surface area is 185 Å². The number of amides is 2. The van der Waals surface area contributed by atoms with Crippen molar-refractivity contribution in [2.45, 2.75) is 57.6 Å². The highest BCUT2D eigenvalue weighted by Crippen LogP contribution is 2.23. The van der Waals surface area contributed by atoms with Crippen LogP contribution < -0.4 is 0 Å². The van der Waals surface area contributed by atoms with Gasteiger partial charge in [0.05, 0.1) is 23.6 Å². The molecular formula is C22H33N3O5S. The lowest BCUT2D eigenvalue weighted by molar-refractivity contribution is -0.145. The molecule has 0 radical (unpaired) electrons. The molecule has 0 N–H and O–H groups in total. The van der Waals surface area contributed by atoms with Crippen molar-refractivity contribution in [3.8, 4) is 0 Å². The summed E-state index contributed by atoms with van der Waals surface area (Å²) in [5.41, 5.74) is 1.61. The van der Waals surface area contributed by atoms with Crippen LogP contribution in [0, 0.1) is 13.8 Å². The summed E-state index contributed by atoms with van der Waals surface area (Å²) in [5, 5.41) is 0. The first-order chi connectivity index (χ1) is 14.6. The van der Waals surface area contributed by atoms with Gasteiger partial charge < -0.3 is 14.5 Å². The number of hydrogen-bond acceptors (Lipinski definition) is 5. The molecule has 9 heteroatoms. The number of ether oxygens (including phenoxy) is 1. The number of carbonyl (C=O) groups excluding carboxylic acids is 2. The number of morpholine rings is 1. The van der Waals surface area contributed by atoms with Crippen molar-refractivity contribution in [3.05, 3.63) is 29.3 Å². The monoisotopic (exact) mass is 451 g/mol. The number of rotatable bonds is 5. The van der Waals surface area contributed by atoms with Crippen molar-refractivity contribution in [1.82, 2.24) is 14.1 Å². The molecule has 2 saturated heterocycles. The third kappa shape index (κ3) is 5.45. The van der Waals surface area contributed by atoms with Crippen LogP contribution in [-0.2, 0) is 24.3 Å². The quantitative estimate of drug-likeness (QED) is 0.678. The molecule has 2 aliphatic rings. The van der Waals surface area contributed by atoms with Gasteiger partial charge in [0.1, 0.15) is 0 Å². The molecule has 31 heavy (non-hydrogen) atoms. The topological polar surface area (TPSA) is 87.2 Å². The number of hydrogen-bond donors (Lipinski definition) is 0. The lowest BCUT2D eigenvalue weighted by Crippen LogP contribution is -2.51. The average Bonchev–Trinajstić information content (AvgIpc) is 2.75. The van der Waals surface area contributed by atoms with Crippen molar-refractivity contribution in [2.75, 3.05) is 39.3 Å². The fourth-order valence-corrected chi connectivity index (χ4v) is 5.80. The number of nitrogens with zero attached hydrogens (tertiary/aromatic N) is 3. The van der Waals surface area contributed by atoms with E-state index in [2.05, 4.69) is 0 Å². The van der Waals surface area contributed by atoms with Gasteiger partial charge in [-0.15, -0.1) is 0 Å². The van der Waals surface area contributed by atoms with E-state index in [1.165, 1.54) is 4.31 Å². The standard InChI is InChI=1S/C22H33N3O5S/c1-16-5-6-17(2)20(13-16)31(28,29)24-11-9-23(10-12-24)21(26)7-8-22(27)25-14-19(4)30-15-18(25)3/h5-6,13,18-19H,7-12,14-15H2,1-4H3. The molecular weight excluding hydrogens is 418 g/mol. The van der Waals surface area contributed by atoms with Gasteiger partial charge in [-0.2, -0.15) is 4.31 Å². The predicted molar refractivity (Wildman–Crippen MR) is 117 cm³/mol. The van der Waals surface area contributed by atoms with E-state index < -0.39 is 10.0 Å². The van der Waals surface area contributed by atoms with E-state index in [1.807, 2.05) is 32.9 Å². The van der Waals surface area contributed by atoms with E-state index in [-0.39, 0.29) is 49.9 Å². The van der Waals surface area contributed by atoms with Gasteiger partial charge in [-0.3, -0.25) is 9.59 Å². The Morgan fingerprint density at radius 3 is 2.35 bits per heavy atom. The van der Waals surface area contributed by atoms with Crippen LogP contribution in [0.2, 0.25) is 0 Å². The molecule has 2 unspecified atom stereocenters. The Kier molecular flexibility index (Phi) is 7.39. The highest BCUT2D eigenvalue weighted by atomic mass is 32.2. The first kappa shape index (κ1) is 23.7. The van der Waals surface area contributed by atoms with E-state index in [0.717, 1.165) is 5.56 Å². The molecule has 172 valence electrons. The van der Waals surface area contributed by atoms with Gasteiger partial charge >= 0.3 is 0 Å². The Hall–Kier alpha value is -1.97. The van der Waals surface area contributed by atoms with Crippen LogP contribution in [0.3, 0.4) is 0 Å². The van der Waals surface area contributed by atoms with Crippen molar-refractivity contribution in [2.24, 2.45) is 0 Å². The zero-order valence-electron chi connectivity index (χ0n) is 18.8. The van der Waals surface area contributed by atoms with Gasteiger partial charge in [0.25, 0.3) is 0 Å². The van der Waals surface area contributed by atoms with Crippen LogP contribution in [0.25, 0.3) is 0 Å². The summed E-state index contributed by atoms with van der Waals surface area (Å²) in [4.78, 5) is 28.9. The molecule has 0 spiro atoms. The third-order valence-electron chi connectivity index (χ3n) is 6.03. The molecule has 0 bridgehead atoms. The fraction of sp³-hybridized carbons (Fsp3) is 0.636. The summed E-state index contributed by atoms with van der Waals surface area (Å²) < 4.78 is 33.1. The van der Waals surface area contributed by atoms with Crippen molar-refractivity contribution >= 4 is 21.8 Å². The number of piperazine rings is 1. The molecule has 1 aromatic rings. The second-order valence-electron chi connectivity index (χ2n) is 8.59. The van der Waals surface area contributed by atoms with Gasteiger partial charge in [-0.1, -0.05) is 12.1 Å². The second-order valence-corrected chi connectivity index (χ2v) is 10.5. The summed E-state index contributed by atoms with van der Waals surface area (Å²) >= 11 is 0. The van der Waals surface area contributed by atoms with Crippen LogP contribution in [0.4, 0.5) is 0 Å². The zero-order valence-corrected chi connectivity index (χ0v) is 19.7. The molecule has 2 aliphatic heterocycles. The van der Waals surface area contributed by atoms with Crippen LogP contribution in [0.5, 0.6) is 0 Å². The third-order valence-corrected chi connectivity index (χ3v) is 8.07. The number of aryl methyl sites for hydroxylation is 2. The summed E-state index contributed by atoms with van der Waals surface area (Å²) in [5.74, 6) is -0.141. The molecule has 2 amide bonds. The summed E-state index contributed by atoms with van der Waals surface area (Å²) in [6.07, 6.45) is 0.306. The largest absolute Gasteiger partial charge is 0.375 e. The van der Waals surface area contributed by atoms with Crippen molar-refractivity contribution < 1.29 is 22.7 Å². The number of benzene rings is 1. The van der Waals surface area contributed by atoms with Crippen molar-refractivity contribution in [3.63, 3.8) is 0 Å². The SMILES string of the molecule is Cc1ccc(C)c(S(=O)(=O)N2CCN(C(=O)CCC(=O)N3CC(C)OCC3C)CC2)c1. The van der Waals surface area contributed by atoms with E-state index in [0.29, 0.717) is 36.7 Å². The highest BCUT2D eigenvalue weighted by Gasteiger charge is 2.32. The maximum Gasteiger partial charge on any atom is 0.243 e. The highest BCUT2D eigenvalue weighted by molar-refractivity contribution is 7.89. The van der Waals surface area contributed by atoms with E-state index >= 15 is 0 Å². The lowest BCUT2D eigenvalue weighted by Gasteiger charge is -2.37. The molecule has 0 aromatic heterocycles. The fourth-order valence-electron chi connectivity index (χ4n) is 4.07. The molecule has 0 aliphatic carbocycles. The minimum absolute atomic E-state index is 0.00270. The molecule has 8 nitrogen and oxygen atoms in total. The van der Waals surface area contributed by atoms with Gasteiger partial charge in [-0.25, -0.2) is 8.42 Å². The summed E-state index contributed by atoms with van der Waals surface area (Å²) in [6, 6.07) is 5.42. The molecule has 2 heterocycles. The van der Waals surface area contributed by atoms with Gasteiger partial charge in [0, 0.05) is 45.6 Å². The number of carbonyl (C=O) groups is 2. The Bertz CT molecular complexity index is 925. The number of sulfonamides is 1. The smallest absolute Gasteiger partial charge is 0.243 e. The van der Waals surface area contributed by atoms with Gasteiger partial charge in [-0.05, 0) is 44.9 Å². The minimum Gasteiger partial charge on any atom is -0.375 e. The molecule has 2 atom stereocenters. The summed E-state index contributed by atoms with van der Waals surface area (Å²) in [7, 11) is -3.59. The van der Waals surface area contributed by atoms with Crippen LogP contribution in [-0.4, -0.2) is 85.8 Å². The normalized spacial score (nSPS) is 23.1. The average molecular weight is 452 g/mol. The van der Waals surface area contributed by atoms with Gasteiger partial charge in [0.2, 0.25) is 21.8 Å². The minimum atomic E-state index is -3.59. The predicted octanol–water partition coefficient (Wildman–Crippen LogP) is 1.55. The van der Waals surface area contributed by atoms with Crippen LogP contribution in [0.15, 0.2) is 23.1 Å². The van der Waals surface area contributed by atoms with Crippen LogP contribution in [0.1, 0.15) is 37.8 Å². The maximum atomic E-state index is 13.0. The second kappa shape index (κ2) is 9.67. The summed E-state index contributed by atoms with van der Waals surface area (Å²) in [6.45, 7) is 9.78. The first-order valence-corrected chi connectivity index (χ1v) is 12.3. The van der Waals surface area contributed by atoms with Gasteiger partial charge in [0.15, 0.2) is 0 Å². The zero-order chi connectivity index (χ0) is 22.8. The van der Waals surface area contributed by atoms with E-state index in [4.69, 9.17) is 4.74 Å². The van der Waals surface area contributed by atoms with E-state index in [1.54, 1.807) is 22.8 Å². The van der Waals surface area contributed by atoms with Crippen LogP contribution >= 0.6 is 0 Å². The first-order valence-electron chi connectivity index (χ1n) is 10.9. The Morgan fingerprint density at radius 1 is 1.03 bits per heavy atom. The molecule has 0 saturated carbocycles. The lowest BCUT2D eigenvalue weighted by atomic mass is 10.1. The van der Waals surface area contributed by atoms with E-state index in [9.17, 15) is 18.0 Å². The Balaban J connectivity index is 1.53. The molecule has 3 rings (SSSR count). The van der Waals surface area contributed by atoms with Crippen molar-refractivity contribution in [1.29, 1.82) is 0 Å². The molecule has 1 aromatic carbocycles.